The molecule has 2 heterocycles. The van der Waals surface area contributed by atoms with Crippen LogP contribution in [-0.2, 0) is 13.6 Å². The van der Waals surface area contributed by atoms with Crippen molar-refractivity contribution in [2.45, 2.75) is 19.4 Å². The van der Waals surface area contributed by atoms with Crippen LogP contribution in [0.4, 0.5) is 0 Å². The van der Waals surface area contributed by atoms with E-state index in [0.29, 0.717) is 5.92 Å². The Kier molecular flexibility index (Phi) is 8.02. The average molecular weight is 406 g/mol. The molecule has 2 rings (SSSR count). The van der Waals surface area contributed by atoms with E-state index in [1.165, 1.54) is 25.9 Å². The highest BCUT2D eigenvalue weighted by atomic mass is 127. The van der Waals surface area contributed by atoms with Crippen LogP contribution in [-0.4, -0.2) is 54.4 Å². The van der Waals surface area contributed by atoms with Crippen LogP contribution in [0, 0.1) is 5.92 Å². The molecule has 1 saturated heterocycles. The third kappa shape index (κ3) is 5.82. The molecular formula is C14H27IN6. The first kappa shape index (κ1) is 18.2. The smallest absolute Gasteiger partial charge is 0.191 e. The lowest BCUT2D eigenvalue weighted by molar-refractivity contribution is 0.210. The van der Waals surface area contributed by atoms with Crippen LogP contribution >= 0.6 is 24.0 Å². The molecule has 2 N–H and O–H groups in total. The Morgan fingerprint density at radius 3 is 2.86 bits per heavy atom. The monoisotopic (exact) mass is 406 g/mol. The van der Waals surface area contributed by atoms with E-state index in [1.807, 2.05) is 31.0 Å². The van der Waals surface area contributed by atoms with Gasteiger partial charge in [0.05, 0.1) is 12.2 Å². The lowest BCUT2D eigenvalue weighted by Crippen LogP contribution is -2.43. The van der Waals surface area contributed by atoms with Crippen LogP contribution in [0.5, 0.6) is 0 Å². The summed E-state index contributed by atoms with van der Waals surface area (Å²) in [6.07, 6.45) is 4.41. The predicted octanol–water partition coefficient (Wildman–Crippen LogP) is 1.04. The first-order valence-electron chi connectivity index (χ1n) is 7.29. The number of aromatic nitrogens is 2. The summed E-state index contributed by atoms with van der Waals surface area (Å²) in [5, 5.41) is 10.9. The summed E-state index contributed by atoms with van der Waals surface area (Å²) in [6.45, 7) is 4.12. The first-order chi connectivity index (χ1) is 9.69. The third-order valence-corrected chi connectivity index (χ3v) is 3.86. The number of halogens is 1. The highest BCUT2D eigenvalue weighted by Crippen LogP contribution is 2.13. The van der Waals surface area contributed by atoms with Gasteiger partial charge in [0.1, 0.15) is 0 Å². The van der Waals surface area contributed by atoms with Crippen LogP contribution in [0.15, 0.2) is 17.3 Å². The van der Waals surface area contributed by atoms with Gasteiger partial charge in [0.2, 0.25) is 0 Å². The molecule has 0 amide bonds. The molecule has 7 heteroatoms. The third-order valence-electron chi connectivity index (χ3n) is 3.86. The van der Waals surface area contributed by atoms with Crippen molar-refractivity contribution in [1.29, 1.82) is 0 Å². The number of hydrogen-bond donors (Lipinski definition) is 2. The first-order valence-corrected chi connectivity index (χ1v) is 7.29. The van der Waals surface area contributed by atoms with Crippen molar-refractivity contribution in [2.75, 3.05) is 33.7 Å². The molecule has 1 fully saturated rings. The minimum atomic E-state index is 0. The zero-order valence-corrected chi connectivity index (χ0v) is 15.5. The molecule has 0 aliphatic carbocycles. The number of rotatable bonds is 4. The molecule has 120 valence electrons. The predicted molar refractivity (Wildman–Crippen MR) is 97.0 cm³/mol. The number of guanidine groups is 1. The lowest BCUT2D eigenvalue weighted by Gasteiger charge is -2.30. The summed E-state index contributed by atoms with van der Waals surface area (Å²) in [7, 11) is 5.96. The largest absolute Gasteiger partial charge is 0.356 e. The Balaban J connectivity index is 0.00000220. The number of likely N-dealkylation sites (tertiary alicyclic amines) is 1. The van der Waals surface area contributed by atoms with Gasteiger partial charge in [-0.15, -0.1) is 24.0 Å². The molecule has 6 nitrogen and oxygen atoms in total. The van der Waals surface area contributed by atoms with E-state index in [1.54, 1.807) is 0 Å². The molecule has 1 aliphatic rings. The van der Waals surface area contributed by atoms with E-state index in [-0.39, 0.29) is 24.0 Å². The molecule has 1 aromatic heterocycles. The minimum absolute atomic E-state index is 0. The fourth-order valence-electron chi connectivity index (χ4n) is 2.65. The number of nitrogens with one attached hydrogen (secondary N) is 2. The number of aliphatic imine (C=N–C) groups is 1. The van der Waals surface area contributed by atoms with E-state index in [0.717, 1.165) is 24.7 Å². The molecule has 0 bridgehead atoms. The molecule has 1 aliphatic heterocycles. The lowest BCUT2D eigenvalue weighted by atomic mass is 9.99. The summed E-state index contributed by atoms with van der Waals surface area (Å²) in [5.41, 5.74) is 1.14. The summed E-state index contributed by atoms with van der Waals surface area (Å²) in [6, 6.07) is 2.01. The van der Waals surface area contributed by atoms with Gasteiger partial charge in [0, 0.05) is 33.4 Å². The topological polar surface area (TPSA) is 57.5 Å². The molecule has 0 saturated carbocycles. The van der Waals surface area contributed by atoms with Crippen molar-refractivity contribution in [1.82, 2.24) is 25.3 Å². The summed E-state index contributed by atoms with van der Waals surface area (Å²) >= 11 is 0. The standard InChI is InChI=1S/C14H26N6.HI/c1-15-14(17-10-13-6-7-18-20(13)3)16-9-12-5-4-8-19(2)11-12;/h6-7,12H,4-5,8-11H2,1-3H3,(H2,15,16,17);1H. The maximum absolute atomic E-state index is 4.27. The van der Waals surface area contributed by atoms with Gasteiger partial charge in [-0.1, -0.05) is 0 Å². The maximum Gasteiger partial charge on any atom is 0.191 e. The molecular weight excluding hydrogens is 379 g/mol. The van der Waals surface area contributed by atoms with Crippen LogP contribution in [0.25, 0.3) is 0 Å². The van der Waals surface area contributed by atoms with Crippen molar-refractivity contribution < 1.29 is 0 Å². The second-order valence-corrected chi connectivity index (χ2v) is 5.52. The Bertz CT molecular complexity index is 444. The molecule has 0 radical (unpaired) electrons. The normalized spacial score (nSPS) is 20.0. The van der Waals surface area contributed by atoms with Crippen molar-refractivity contribution in [3.63, 3.8) is 0 Å². The van der Waals surface area contributed by atoms with Gasteiger partial charge in [-0.2, -0.15) is 5.10 Å². The van der Waals surface area contributed by atoms with Crippen molar-refractivity contribution in [2.24, 2.45) is 18.0 Å². The zero-order valence-electron chi connectivity index (χ0n) is 13.2. The minimum Gasteiger partial charge on any atom is -0.356 e. The highest BCUT2D eigenvalue weighted by Gasteiger charge is 2.17. The van der Waals surface area contributed by atoms with Crippen molar-refractivity contribution in [3.05, 3.63) is 18.0 Å². The number of nitrogens with zero attached hydrogens (tertiary/aromatic N) is 4. The van der Waals surface area contributed by atoms with Gasteiger partial charge in [-0.25, -0.2) is 0 Å². The number of piperidine rings is 1. The second-order valence-electron chi connectivity index (χ2n) is 5.52. The Morgan fingerprint density at radius 2 is 2.24 bits per heavy atom. The molecule has 1 unspecified atom stereocenters. The van der Waals surface area contributed by atoms with E-state index < -0.39 is 0 Å². The van der Waals surface area contributed by atoms with Crippen molar-refractivity contribution >= 4 is 29.9 Å². The molecule has 1 aromatic rings. The van der Waals surface area contributed by atoms with E-state index in [4.69, 9.17) is 0 Å². The number of aryl methyl sites for hydroxylation is 1. The van der Waals surface area contributed by atoms with Gasteiger partial charge in [-0.3, -0.25) is 9.67 Å². The quantitative estimate of drug-likeness (QED) is 0.446. The fourth-order valence-corrected chi connectivity index (χ4v) is 2.65. The van der Waals surface area contributed by atoms with Crippen LogP contribution in [0.2, 0.25) is 0 Å². The second kappa shape index (κ2) is 9.24. The van der Waals surface area contributed by atoms with Gasteiger partial charge in [0.25, 0.3) is 0 Å². The average Bonchev–Trinajstić information content (AvgIpc) is 2.85. The Labute approximate surface area is 144 Å². The van der Waals surface area contributed by atoms with Crippen LogP contribution < -0.4 is 10.6 Å². The SMILES string of the molecule is CN=C(NCc1ccnn1C)NCC1CCCN(C)C1.I. The highest BCUT2D eigenvalue weighted by molar-refractivity contribution is 14.0. The van der Waals surface area contributed by atoms with E-state index >= 15 is 0 Å². The summed E-state index contributed by atoms with van der Waals surface area (Å²) in [5.74, 6) is 1.57. The molecule has 21 heavy (non-hydrogen) atoms. The summed E-state index contributed by atoms with van der Waals surface area (Å²) in [4.78, 5) is 6.68. The van der Waals surface area contributed by atoms with Crippen molar-refractivity contribution in [3.8, 4) is 0 Å². The van der Waals surface area contributed by atoms with Gasteiger partial charge in [0.15, 0.2) is 5.96 Å². The number of hydrogen-bond acceptors (Lipinski definition) is 3. The fraction of sp³-hybridized carbons (Fsp3) is 0.714. The van der Waals surface area contributed by atoms with Crippen LogP contribution in [0.3, 0.4) is 0 Å². The van der Waals surface area contributed by atoms with Gasteiger partial charge in [-0.05, 0) is 38.4 Å². The molecule has 0 aromatic carbocycles. The molecule has 0 spiro atoms. The molecule has 1 atom stereocenters. The van der Waals surface area contributed by atoms with E-state index in [2.05, 4.69) is 32.7 Å². The van der Waals surface area contributed by atoms with Crippen LogP contribution in [0.1, 0.15) is 18.5 Å². The summed E-state index contributed by atoms with van der Waals surface area (Å²) < 4.78 is 1.87. The Hall–Kier alpha value is -0.830. The van der Waals surface area contributed by atoms with Gasteiger partial charge >= 0.3 is 0 Å². The maximum atomic E-state index is 4.27. The zero-order chi connectivity index (χ0) is 14.4. The Morgan fingerprint density at radius 1 is 1.43 bits per heavy atom. The van der Waals surface area contributed by atoms with E-state index in [9.17, 15) is 0 Å². The van der Waals surface area contributed by atoms with Gasteiger partial charge < -0.3 is 15.5 Å².